The fourth-order valence-corrected chi connectivity index (χ4v) is 1.95. The first-order valence-corrected chi connectivity index (χ1v) is 5.75. The van der Waals surface area contributed by atoms with E-state index >= 15 is 0 Å². The van der Waals surface area contributed by atoms with Crippen molar-refractivity contribution in [2.24, 2.45) is 0 Å². The summed E-state index contributed by atoms with van der Waals surface area (Å²) in [7, 11) is 1.80. The predicted octanol–water partition coefficient (Wildman–Crippen LogP) is 1.75. The molecule has 0 aliphatic carbocycles. The van der Waals surface area contributed by atoms with Crippen LogP contribution in [-0.4, -0.2) is 35.9 Å². The molecule has 0 saturated carbocycles. The fraction of sp³-hybridized carbons (Fsp3) is 0.500. The van der Waals surface area contributed by atoms with Crippen LogP contribution in [0.1, 0.15) is 29.8 Å². The van der Waals surface area contributed by atoms with E-state index in [2.05, 4.69) is 10.3 Å². The molecule has 0 spiro atoms. The van der Waals surface area contributed by atoms with E-state index in [0.29, 0.717) is 5.69 Å². The van der Waals surface area contributed by atoms with Crippen LogP contribution in [-0.2, 0) is 0 Å². The number of aromatic nitrogens is 1. The molecule has 1 aromatic rings. The van der Waals surface area contributed by atoms with Gasteiger partial charge in [0.25, 0.3) is 5.91 Å². The smallest absolute Gasteiger partial charge is 0.272 e. The lowest BCUT2D eigenvalue weighted by Crippen LogP contribution is -2.36. The molecule has 4 nitrogen and oxygen atoms in total. The molecule has 1 aromatic heterocycles. The lowest BCUT2D eigenvalue weighted by atomic mass is 10.1. The Morgan fingerprint density at radius 2 is 2.06 bits per heavy atom. The maximum absolute atomic E-state index is 12.1. The zero-order valence-corrected chi connectivity index (χ0v) is 9.57. The number of anilines is 1. The maximum Gasteiger partial charge on any atom is 0.272 e. The van der Waals surface area contributed by atoms with Gasteiger partial charge in [0.2, 0.25) is 0 Å². The van der Waals surface area contributed by atoms with E-state index in [-0.39, 0.29) is 5.91 Å². The van der Waals surface area contributed by atoms with Crippen LogP contribution >= 0.6 is 0 Å². The zero-order valence-electron chi connectivity index (χ0n) is 9.57. The number of carbonyl (C=O) groups is 1. The molecule has 0 unspecified atom stereocenters. The third-order valence-corrected chi connectivity index (χ3v) is 2.87. The van der Waals surface area contributed by atoms with Gasteiger partial charge in [-0.05, 0) is 31.4 Å². The summed E-state index contributed by atoms with van der Waals surface area (Å²) in [5, 5.41) is 2.94. The Labute approximate surface area is 95.7 Å². The number of amides is 1. The van der Waals surface area contributed by atoms with Crippen molar-refractivity contribution in [3.05, 3.63) is 23.9 Å². The van der Waals surface area contributed by atoms with Crippen LogP contribution in [0.2, 0.25) is 0 Å². The number of pyridine rings is 1. The summed E-state index contributed by atoms with van der Waals surface area (Å²) in [4.78, 5) is 18.3. The summed E-state index contributed by atoms with van der Waals surface area (Å²) >= 11 is 0. The van der Waals surface area contributed by atoms with Gasteiger partial charge in [-0.2, -0.15) is 0 Å². The number of nitrogens with one attached hydrogen (secondary N) is 1. The summed E-state index contributed by atoms with van der Waals surface area (Å²) in [6.07, 6.45) is 3.45. The number of nitrogens with zero attached hydrogens (tertiary/aromatic N) is 2. The molecule has 0 radical (unpaired) electrons. The molecular formula is C12H17N3O. The summed E-state index contributed by atoms with van der Waals surface area (Å²) in [5.41, 5.74) is 0.536. The summed E-state index contributed by atoms with van der Waals surface area (Å²) in [5.74, 6) is 0.791. The van der Waals surface area contributed by atoms with Crippen LogP contribution in [0.4, 0.5) is 5.82 Å². The van der Waals surface area contributed by atoms with Gasteiger partial charge in [0, 0.05) is 20.1 Å². The summed E-state index contributed by atoms with van der Waals surface area (Å²) < 4.78 is 0. The van der Waals surface area contributed by atoms with Crippen LogP contribution in [0, 0.1) is 0 Å². The van der Waals surface area contributed by atoms with Gasteiger partial charge in [-0.25, -0.2) is 4.98 Å². The minimum atomic E-state index is 0.0526. The molecule has 0 bridgehead atoms. The van der Waals surface area contributed by atoms with Crippen molar-refractivity contribution in [3.8, 4) is 0 Å². The topological polar surface area (TPSA) is 45.2 Å². The van der Waals surface area contributed by atoms with E-state index in [9.17, 15) is 4.79 Å². The Bertz CT molecular complexity index is 372. The van der Waals surface area contributed by atoms with Gasteiger partial charge in [0.1, 0.15) is 11.5 Å². The molecule has 16 heavy (non-hydrogen) atoms. The summed E-state index contributed by atoms with van der Waals surface area (Å²) in [6, 6.07) is 5.49. The standard InChI is InChI=1S/C12H17N3O/c1-13-11-7-5-6-10(14-11)12(16)15-8-3-2-4-9-15/h5-7H,2-4,8-9H2,1H3,(H,13,14). The monoisotopic (exact) mass is 219 g/mol. The van der Waals surface area contributed by atoms with Crippen LogP contribution in [0.25, 0.3) is 0 Å². The van der Waals surface area contributed by atoms with Crippen LogP contribution < -0.4 is 5.32 Å². The van der Waals surface area contributed by atoms with Gasteiger partial charge in [-0.1, -0.05) is 6.07 Å². The van der Waals surface area contributed by atoms with Crippen molar-refractivity contribution in [2.75, 3.05) is 25.5 Å². The average molecular weight is 219 g/mol. The molecule has 0 atom stereocenters. The minimum Gasteiger partial charge on any atom is -0.373 e. The van der Waals surface area contributed by atoms with E-state index in [1.807, 2.05) is 17.0 Å². The Balaban J connectivity index is 2.12. The molecule has 1 saturated heterocycles. The largest absolute Gasteiger partial charge is 0.373 e. The van der Waals surface area contributed by atoms with Crippen LogP contribution in [0.15, 0.2) is 18.2 Å². The van der Waals surface area contributed by atoms with E-state index in [1.165, 1.54) is 6.42 Å². The highest BCUT2D eigenvalue weighted by Crippen LogP contribution is 2.13. The van der Waals surface area contributed by atoms with E-state index in [1.54, 1.807) is 13.1 Å². The third-order valence-electron chi connectivity index (χ3n) is 2.87. The van der Waals surface area contributed by atoms with Gasteiger partial charge >= 0.3 is 0 Å². The SMILES string of the molecule is CNc1cccc(C(=O)N2CCCCC2)n1. The second kappa shape index (κ2) is 4.96. The quantitative estimate of drug-likeness (QED) is 0.824. The number of likely N-dealkylation sites (tertiary alicyclic amines) is 1. The first kappa shape index (κ1) is 10.9. The molecule has 0 aromatic carbocycles. The maximum atomic E-state index is 12.1. The Hall–Kier alpha value is -1.58. The first-order valence-electron chi connectivity index (χ1n) is 5.75. The molecule has 2 heterocycles. The lowest BCUT2D eigenvalue weighted by molar-refractivity contribution is 0.0718. The Kier molecular flexibility index (Phi) is 3.39. The number of piperidine rings is 1. The van der Waals surface area contributed by atoms with E-state index in [4.69, 9.17) is 0 Å². The van der Waals surface area contributed by atoms with Crippen molar-refractivity contribution < 1.29 is 4.79 Å². The first-order chi connectivity index (χ1) is 7.81. The number of carbonyl (C=O) groups excluding carboxylic acids is 1. The summed E-state index contributed by atoms with van der Waals surface area (Å²) in [6.45, 7) is 1.73. The molecule has 1 N–H and O–H groups in total. The molecule has 1 aliphatic rings. The highest BCUT2D eigenvalue weighted by molar-refractivity contribution is 5.92. The van der Waals surface area contributed by atoms with E-state index in [0.717, 1.165) is 31.7 Å². The normalized spacial score (nSPS) is 15.9. The van der Waals surface area contributed by atoms with Crippen LogP contribution in [0.5, 0.6) is 0 Å². The molecule has 86 valence electrons. The van der Waals surface area contributed by atoms with Gasteiger partial charge < -0.3 is 10.2 Å². The van der Waals surface area contributed by atoms with E-state index < -0.39 is 0 Å². The molecule has 2 rings (SSSR count). The van der Waals surface area contributed by atoms with Gasteiger partial charge in [0.05, 0.1) is 0 Å². The number of rotatable bonds is 2. The Morgan fingerprint density at radius 1 is 1.31 bits per heavy atom. The van der Waals surface area contributed by atoms with Crippen molar-refractivity contribution in [1.82, 2.24) is 9.88 Å². The minimum absolute atomic E-state index is 0.0526. The third kappa shape index (κ3) is 2.32. The predicted molar refractivity (Wildman–Crippen MR) is 63.5 cm³/mol. The molecule has 4 heteroatoms. The van der Waals surface area contributed by atoms with Crippen molar-refractivity contribution >= 4 is 11.7 Å². The van der Waals surface area contributed by atoms with Crippen LogP contribution in [0.3, 0.4) is 0 Å². The number of hydrogen-bond donors (Lipinski definition) is 1. The molecule has 1 fully saturated rings. The lowest BCUT2D eigenvalue weighted by Gasteiger charge is -2.26. The average Bonchev–Trinajstić information content (AvgIpc) is 2.39. The van der Waals surface area contributed by atoms with Crippen molar-refractivity contribution in [3.63, 3.8) is 0 Å². The zero-order chi connectivity index (χ0) is 11.4. The number of hydrogen-bond acceptors (Lipinski definition) is 3. The molecule has 1 amide bonds. The highest BCUT2D eigenvalue weighted by atomic mass is 16.2. The van der Waals surface area contributed by atoms with Crippen molar-refractivity contribution in [1.29, 1.82) is 0 Å². The van der Waals surface area contributed by atoms with Gasteiger partial charge in [0.15, 0.2) is 0 Å². The highest BCUT2D eigenvalue weighted by Gasteiger charge is 2.19. The second-order valence-electron chi connectivity index (χ2n) is 4.01. The van der Waals surface area contributed by atoms with Crippen molar-refractivity contribution in [2.45, 2.75) is 19.3 Å². The second-order valence-corrected chi connectivity index (χ2v) is 4.01. The fourth-order valence-electron chi connectivity index (χ4n) is 1.95. The molecular weight excluding hydrogens is 202 g/mol. The Morgan fingerprint density at radius 3 is 2.75 bits per heavy atom. The van der Waals surface area contributed by atoms with Gasteiger partial charge in [-0.3, -0.25) is 4.79 Å². The molecule has 1 aliphatic heterocycles. The van der Waals surface area contributed by atoms with Gasteiger partial charge in [-0.15, -0.1) is 0 Å².